The second-order valence-corrected chi connectivity index (χ2v) is 15.3. The van der Waals surface area contributed by atoms with E-state index in [-0.39, 0.29) is 11.5 Å². The van der Waals surface area contributed by atoms with Gasteiger partial charge in [-0.05, 0) is 97.3 Å². The van der Waals surface area contributed by atoms with Crippen LogP contribution in [0.1, 0.15) is 38.7 Å². The maximum Gasteiger partial charge on any atom is 0.150 e. The van der Waals surface area contributed by atoms with E-state index in [0.717, 1.165) is 27.5 Å². The number of aryl methyl sites for hydroxylation is 2. The van der Waals surface area contributed by atoms with Gasteiger partial charge in [-0.1, -0.05) is 106 Å². The summed E-state index contributed by atoms with van der Waals surface area (Å²) in [6.45, 7) is 3.78. The van der Waals surface area contributed by atoms with Gasteiger partial charge in [-0.2, -0.15) is 0 Å². The van der Waals surface area contributed by atoms with Crippen molar-refractivity contribution in [3.8, 4) is 11.5 Å². The van der Waals surface area contributed by atoms with Crippen LogP contribution in [0.4, 0.5) is 11.6 Å². The van der Waals surface area contributed by atoms with E-state index >= 15 is 0 Å². The number of nitrogens with zero attached hydrogens (tertiary/aromatic N) is 4. The maximum atomic E-state index is 11.0. The van der Waals surface area contributed by atoms with Gasteiger partial charge in [0.2, 0.25) is 0 Å². The molecular formula is C44H34Cl6N6O3. The molecule has 0 fully saturated rings. The van der Waals surface area contributed by atoms with Crippen LogP contribution in [-0.2, 0) is 0 Å². The monoisotopic (exact) mass is 904 g/mol. The van der Waals surface area contributed by atoms with Crippen LogP contribution >= 0.6 is 69.6 Å². The van der Waals surface area contributed by atoms with Crippen molar-refractivity contribution in [2.45, 2.75) is 19.9 Å². The molecule has 0 bridgehead atoms. The van der Waals surface area contributed by atoms with Crippen LogP contribution in [-0.4, -0.2) is 36.4 Å². The fourth-order valence-corrected chi connectivity index (χ4v) is 7.08. The molecule has 0 spiro atoms. The Morgan fingerprint density at radius 1 is 0.610 bits per heavy atom. The number of aldehydes is 1. The molecule has 300 valence electrons. The molecule has 0 aliphatic carbocycles. The highest BCUT2D eigenvalue weighted by Gasteiger charge is 2.22. The number of nitrogens with one attached hydrogen (secondary N) is 1. The predicted molar refractivity (Wildman–Crippen MR) is 243 cm³/mol. The van der Waals surface area contributed by atoms with E-state index in [0.29, 0.717) is 70.2 Å². The van der Waals surface area contributed by atoms with E-state index in [9.17, 15) is 15.0 Å². The summed E-state index contributed by atoms with van der Waals surface area (Å²) >= 11 is 35.3. The van der Waals surface area contributed by atoms with Crippen molar-refractivity contribution in [1.82, 2.24) is 19.9 Å². The van der Waals surface area contributed by atoms with Crippen LogP contribution in [0.15, 0.2) is 128 Å². The number of pyridine rings is 4. The molecule has 1 atom stereocenters. The zero-order valence-electron chi connectivity index (χ0n) is 31.2. The van der Waals surface area contributed by atoms with Crippen molar-refractivity contribution >= 4 is 109 Å². The molecule has 8 aromatic rings. The Hall–Kier alpha value is -5.39. The lowest BCUT2D eigenvalue weighted by molar-refractivity contribution is 0.112. The second kappa shape index (κ2) is 21.0. The third kappa shape index (κ3) is 12.6. The number of aromatic nitrogens is 4. The van der Waals surface area contributed by atoms with Crippen molar-refractivity contribution in [1.29, 1.82) is 0 Å². The van der Waals surface area contributed by atoms with Gasteiger partial charge in [-0.3, -0.25) is 14.8 Å². The number of fused-ring (bicyclic) bond motifs is 2. The zero-order valence-corrected chi connectivity index (χ0v) is 35.8. The summed E-state index contributed by atoms with van der Waals surface area (Å²) in [6.07, 6.45) is 7.12. The molecule has 9 nitrogen and oxygen atoms in total. The van der Waals surface area contributed by atoms with Crippen LogP contribution < -0.4 is 11.1 Å². The molecule has 0 saturated heterocycles. The van der Waals surface area contributed by atoms with Crippen molar-refractivity contribution in [3.63, 3.8) is 0 Å². The summed E-state index contributed by atoms with van der Waals surface area (Å²) in [5.41, 5.74) is 10.3. The summed E-state index contributed by atoms with van der Waals surface area (Å²) in [6, 6.07) is 29.7. The number of anilines is 2. The minimum atomic E-state index is -0.468. The number of benzene rings is 4. The molecule has 8 rings (SSSR count). The fraction of sp³-hybridized carbons (Fsp3) is 0.0682. The molecule has 0 aliphatic heterocycles. The Labute approximate surface area is 370 Å². The molecule has 4 heterocycles. The number of hydrogen-bond acceptors (Lipinski definition) is 9. The molecule has 4 aromatic carbocycles. The Balaban J connectivity index is 0.000000179. The number of aromatic hydroxyl groups is 2. The van der Waals surface area contributed by atoms with Crippen LogP contribution in [0.5, 0.6) is 11.5 Å². The number of hydrogen-bond donors (Lipinski definition) is 4. The Kier molecular flexibility index (Phi) is 15.9. The average Bonchev–Trinajstić information content (AvgIpc) is 3.20. The number of nitrogen functional groups attached to an aromatic ring is 1. The molecule has 0 radical (unpaired) electrons. The Morgan fingerprint density at radius 2 is 1.15 bits per heavy atom. The van der Waals surface area contributed by atoms with Gasteiger partial charge in [0.05, 0.1) is 16.1 Å². The molecule has 15 heteroatoms. The summed E-state index contributed by atoms with van der Waals surface area (Å²) in [5.74, 6) is 1.50. The van der Waals surface area contributed by atoms with Gasteiger partial charge in [-0.25, -0.2) is 9.97 Å². The van der Waals surface area contributed by atoms with E-state index in [2.05, 4.69) is 25.3 Å². The van der Waals surface area contributed by atoms with Gasteiger partial charge >= 0.3 is 0 Å². The van der Waals surface area contributed by atoms with E-state index in [1.54, 1.807) is 73.2 Å². The maximum absolute atomic E-state index is 11.0. The smallest absolute Gasteiger partial charge is 0.150 e. The quantitative estimate of drug-likeness (QED) is 0.124. The van der Waals surface area contributed by atoms with Crippen LogP contribution in [0, 0.1) is 13.8 Å². The van der Waals surface area contributed by atoms with Crippen molar-refractivity contribution in [2.75, 3.05) is 11.1 Å². The van der Waals surface area contributed by atoms with E-state index in [1.807, 2.05) is 62.4 Å². The Bertz CT molecular complexity index is 2690. The topological polar surface area (TPSA) is 147 Å². The SMILES string of the molecule is Cc1cc(Cl)cnc1N.Cc1cc(Cl)cnc1NC(c1cc(Cl)cc(Cl)c1)c1ccc2cccnc2c1O.O=Cc1cc(Cl)cc(Cl)c1.Oc1cccc2cccnc12. The first-order chi connectivity index (χ1) is 28.2. The first-order valence-corrected chi connectivity index (χ1v) is 19.7. The number of phenolic OH excluding ortho intramolecular Hbond substituents is 2. The number of halogens is 6. The predicted octanol–water partition coefficient (Wildman–Crippen LogP) is 13.2. The fourth-order valence-electron chi connectivity index (χ4n) is 5.57. The molecule has 5 N–H and O–H groups in total. The van der Waals surface area contributed by atoms with Crippen LogP contribution in [0.3, 0.4) is 0 Å². The summed E-state index contributed by atoms with van der Waals surface area (Å²) in [5, 5.41) is 28.6. The lowest BCUT2D eigenvalue weighted by Crippen LogP contribution is -2.15. The number of carbonyl (C=O) groups is 1. The molecule has 4 aromatic heterocycles. The summed E-state index contributed by atoms with van der Waals surface area (Å²) in [7, 11) is 0. The minimum Gasteiger partial charge on any atom is -0.506 e. The molecule has 59 heavy (non-hydrogen) atoms. The highest BCUT2D eigenvalue weighted by Crippen LogP contribution is 2.38. The lowest BCUT2D eigenvalue weighted by atomic mass is 9.96. The molecule has 0 amide bonds. The molecule has 0 aliphatic rings. The van der Waals surface area contributed by atoms with Gasteiger partial charge in [0.25, 0.3) is 0 Å². The first kappa shape index (κ1) is 44.7. The van der Waals surface area contributed by atoms with Gasteiger partial charge in [0.1, 0.15) is 40.5 Å². The highest BCUT2D eigenvalue weighted by atomic mass is 35.5. The number of para-hydroxylation sites is 1. The van der Waals surface area contributed by atoms with Crippen molar-refractivity contribution in [2.24, 2.45) is 0 Å². The number of phenols is 2. The second-order valence-electron chi connectivity index (χ2n) is 12.7. The van der Waals surface area contributed by atoms with Crippen molar-refractivity contribution < 1.29 is 15.0 Å². The minimum absolute atomic E-state index is 0.0864. The van der Waals surface area contributed by atoms with Gasteiger partial charge in [-0.15, -0.1) is 0 Å². The van der Waals surface area contributed by atoms with Gasteiger partial charge in [0.15, 0.2) is 0 Å². The van der Waals surface area contributed by atoms with Crippen LogP contribution in [0.2, 0.25) is 30.1 Å². The number of carbonyl (C=O) groups excluding carboxylic acids is 1. The highest BCUT2D eigenvalue weighted by molar-refractivity contribution is 6.35. The molecule has 1 unspecified atom stereocenters. The van der Waals surface area contributed by atoms with Gasteiger partial charge in [0, 0.05) is 66.8 Å². The molecular weight excluding hydrogens is 873 g/mol. The van der Waals surface area contributed by atoms with E-state index < -0.39 is 6.04 Å². The summed E-state index contributed by atoms with van der Waals surface area (Å²) in [4.78, 5) is 26.8. The van der Waals surface area contributed by atoms with E-state index in [4.69, 9.17) is 75.3 Å². The third-order valence-electron chi connectivity index (χ3n) is 8.35. The van der Waals surface area contributed by atoms with Crippen LogP contribution in [0.25, 0.3) is 21.8 Å². The zero-order chi connectivity index (χ0) is 42.6. The third-order valence-corrected chi connectivity index (χ3v) is 9.64. The number of rotatable bonds is 5. The largest absolute Gasteiger partial charge is 0.506 e. The summed E-state index contributed by atoms with van der Waals surface area (Å²) < 4.78 is 0. The number of nitrogens with two attached hydrogens (primary N) is 1. The standard InChI is InChI=1S/C22H16Cl3N3O.C9H7NO.C7H4Cl2O.C6H7ClN2/c1-12-7-17(25)11-27-22(12)28-19(14-8-15(23)10-16(24)9-14)18-5-4-13-3-2-6-26-20(13)21(18)29;11-8-5-1-3-7-4-2-6-10-9(7)8;8-6-1-5(4-10)2-7(9)3-6;1-4-2-5(7)3-9-6(4)8/h2-11,19,29H,1H3,(H,27,28);1-6,11H;1-4H;2-3H,1H3,(H2,8,9). The molecule has 0 saturated carbocycles. The Morgan fingerprint density at radius 3 is 1.71 bits per heavy atom. The first-order valence-electron chi connectivity index (χ1n) is 17.4. The van der Waals surface area contributed by atoms with E-state index in [1.165, 1.54) is 6.20 Å². The van der Waals surface area contributed by atoms with Crippen molar-refractivity contribution in [3.05, 3.63) is 186 Å². The lowest BCUT2D eigenvalue weighted by Gasteiger charge is -2.23. The average molecular weight is 908 g/mol. The van der Waals surface area contributed by atoms with Gasteiger partial charge < -0.3 is 21.3 Å². The normalized spacial score (nSPS) is 10.9.